The summed E-state index contributed by atoms with van der Waals surface area (Å²) in [6.45, 7) is 4.31. The summed E-state index contributed by atoms with van der Waals surface area (Å²) < 4.78 is 39.3. The summed E-state index contributed by atoms with van der Waals surface area (Å²) >= 11 is 0. The highest BCUT2D eigenvalue weighted by atomic mass is 19.2. The maximum Gasteiger partial charge on any atom is 0.161 e. The summed E-state index contributed by atoms with van der Waals surface area (Å²) in [5.41, 5.74) is 3.17. The van der Waals surface area contributed by atoms with E-state index in [1.165, 1.54) is 0 Å². The van der Waals surface area contributed by atoms with E-state index in [4.69, 9.17) is 0 Å². The van der Waals surface area contributed by atoms with E-state index in [2.05, 4.69) is 5.32 Å². The molecule has 0 atom stereocenters. The monoisotopic (exact) mass is 265 g/mol. The van der Waals surface area contributed by atoms with E-state index in [0.717, 1.165) is 22.8 Å². The maximum absolute atomic E-state index is 13.4. The third-order valence-corrected chi connectivity index (χ3v) is 3.20. The topological polar surface area (TPSA) is 12.0 Å². The van der Waals surface area contributed by atoms with E-state index in [0.29, 0.717) is 12.6 Å². The summed E-state index contributed by atoms with van der Waals surface area (Å²) in [6, 6.07) is 7.17. The Bertz CT molecular complexity index is 609. The summed E-state index contributed by atoms with van der Waals surface area (Å²) in [5.74, 6) is -3.05. The minimum atomic E-state index is -1.19. The minimum absolute atomic E-state index is 0.0418. The summed E-state index contributed by atoms with van der Waals surface area (Å²) in [4.78, 5) is 0. The van der Waals surface area contributed by atoms with Gasteiger partial charge in [-0.15, -0.1) is 0 Å². The van der Waals surface area contributed by atoms with E-state index >= 15 is 0 Å². The van der Waals surface area contributed by atoms with Crippen molar-refractivity contribution in [1.82, 2.24) is 0 Å². The molecule has 0 spiro atoms. The molecule has 2 rings (SSSR count). The number of nitrogens with one attached hydrogen (secondary N) is 1. The Balaban J connectivity index is 2.19. The lowest BCUT2D eigenvalue weighted by Crippen LogP contribution is -2.05. The van der Waals surface area contributed by atoms with Gasteiger partial charge in [0.15, 0.2) is 11.6 Å². The van der Waals surface area contributed by atoms with Gasteiger partial charge in [0.1, 0.15) is 5.82 Å². The fourth-order valence-electron chi connectivity index (χ4n) is 1.85. The quantitative estimate of drug-likeness (QED) is 0.814. The van der Waals surface area contributed by atoms with Gasteiger partial charge in [0.25, 0.3) is 0 Å². The number of aryl methyl sites for hydroxylation is 1. The summed E-state index contributed by atoms with van der Waals surface area (Å²) in [5, 5.41) is 2.78. The van der Waals surface area contributed by atoms with E-state index in [1.807, 2.05) is 32.0 Å². The average molecular weight is 265 g/mol. The Kier molecular flexibility index (Phi) is 3.79. The largest absolute Gasteiger partial charge is 0.379 e. The van der Waals surface area contributed by atoms with Crippen molar-refractivity contribution in [2.75, 3.05) is 5.32 Å². The van der Waals surface area contributed by atoms with E-state index in [-0.39, 0.29) is 5.69 Å². The molecule has 100 valence electrons. The molecule has 19 heavy (non-hydrogen) atoms. The average Bonchev–Trinajstić information content (AvgIpc) is 2.37. The Morgan fingerprint density at radius 1 is 0.947 bits per heavy atom. The number of benzene rings is 2. The highest BCUT2D eigenvalue weighted by molar-refractivity contribution is 5.46. The van der Waals surface area contributed by atoms with Crippen LogP contribution in [0.15, 0.2) is 30.3 Å². The van der Waals surface area contributed by atoms with Crippen LogP contribution < -0.4 is 5.32 Å². The number of anilines is 1. The first-order valence-electron chi connectivity index (χ1n) is 5.92. The van der Waals surface area contributed by atoms with Crippen molar-refractivity contribution >= 4 is 5.69 Å². The van der Waals surface area contributed by atoms with Crippen LogP contribution in [-0.4, -0.2) is 0 Å². The molecule has 0 fully saturated rings. The van der Waals surface area contributed by atoms with Crippen LogP contribution in [0.2, 0.25) is 0 Å². The maximum atomic E-state index is 13.4. The van der Waals surface area contributed by atoms with Crippen molar-refractivity contribution in [3.05, 3.63) is 64.5 Å². The fourth-order valence-corrected chi connectivity index (χ4v) is 1.85. The number of hydrogen-bond acceptors (Lipinski definition) is 1. The van der Waals surface area contributed by atoms with Crippen LogP contribution >= 0.6 is 0 Å². The molecule has 2 aromatic carbocycles. The van der Waals surface area contributed by atoms with Crippen LogP contribution in [0.5, 0.6) is 0 Å². The third-order valence-electron chi connectivity index (χ3n) is 3.20. The molecule has 0 unspecified atom stereocenters. The third kappa shape index (κ3) is 2.89. The molecule has 0 radical (unpaired) electrons. The lowest BCUT2D eigenvalue weighted by Gasteiger charge is -2.11. The summed E-state index contributed by atoms with van der Waals surface area (Å²) in [7, 11) is 0. The van der Waals surface area contributed by atoms with Gasteiger partial charge in [-0.05, 0) is 30.5 Å². The molecule has 0 aliphatic rings. The zero-order valence-corrected chi connectivity index (χ0v) is 10.7. The second-order valence-electron chi connectivity index (χ2n) is 4.46. The van der Waals surface area contributed by atoms with E-state index < -0.39 is 17.5 Å². The Hall–Kier alpha value is -1.97. The van der Waals surface area contributed by atoms with Crippen molar-refractivity contribution in [2.45, 2.75) is 20.4 Å². The molecule has 0 saturated heterocycles. The van der Waals surface area contributed by atoms with Crippen molar-refractivity contribution in [3.8, 4) is 0 Å². The predicted molar refractivity (Wildman–Crippen MR) is 69.6 cm³/mol. The van der Waals surface area contributed by atoms with Gasteiger partial charge in [0, 0.05) is 18.7 Å². The zero-order chi connectivity index (χ0) is 14.0. The van der Waals surface area contributed by atoms with Gasteiger partial charge in [0.05, 0.1) is 5.69 Å². The number of halogens is 3. The first kappa shape index (κ1) is 13.5. The van der Waals surface area contributed by atoms with Crippen LogP contribution in [0.3, 0.4) is 0 Å². The molecular formula is C15H14F3N. The second-order valence-corrected chi connectivity index (χ2v) is 4.46. The van der Waals surface area contributed by atoms with Crippen molar-refractivity contribution < 1.29 is 13.2 Å². The number of rotatable bonds is 3. The van der Waals surface area contributed by atoms with Gasteiger partial charge in [-0.3, -0.25) is 0 Å². The van der Waals surface area contributed by atoms with Crippen LogP contribution in [-0.2, 0) is 6.54 Å². The molecule has 1 N–H and O–H groups in total. The predicted octanol–water partition coefficient (Wildman–Crippen LogP) is 4.33. The molecule has 0 aromatic heterocycles. The molecule has 0 saturated carbocycles. The molecule has 4 heteroatoms. The van der Waals surface area contributed by atoms with Crippen molar-refractivity contribution in [2.24, 2.45) is 0 Å². The molecule has 0 aliphatic heterocycles. The molecule has 2 aromatic rings. The molecule has 0 bridgehead atoms. The lowest BCUT2D eigenvalue weighted by atomic mass is 10.0. The standard InChI is InChI=1S/C15H14F3N/c1-9-4-3-5-11(10(9)2)8-19-15-7-13(17)12(16)6-14(15)18/h3-7,19H,8H2,1-2H3. The Morgan fingerprint density at radius 2 is 1.63 bits per heavy atom. The van der Waals surface area contributed by atoms with Crippen LogP contribution in [0.1, 0.15) is 16.7 Å². The van der Waals surface area contributed by atoms with Gasteiger partial charge in [-0.2, -0.15) is 0 Å². The van der Waals surface area contributed by atoms with E-state index in [9.17, 15) is 13.2 Å². The minimum Gasteiger partial charge on any atom is -0.379 e. The highest BCUT2D eigenvalue weighted by Gasteiger charge is 2.10. The Labute approximate surface area is 110 Å². The molecule has 0 aliphatic carbocycles. The lowest BCUT2D eigenvalue weighted by molar-refractivity contribution is 0.496. The highest BCUT2D eigenvalue weighted by Crippen LogP contribution is 2.20. The molecule has 1 nitrogen and oxygen atoms in total. The van der Waals surface area contributed by atoms with Crippen molar-refractivity contribution in [1.29, 1.82) is 0 Å². The van der Waals surface area contributed by atoms with Gasteiger partial charge >= 0.3 is 0 Å². The normalized spacial score (nSPS) is 10.6. The zero-order valence-electron chi connectivity index (χ0n) is 10.7. The smallest absolute Gasteiger partial charge is 0.161 e. The van der Waals surface area contributed by atoms with Gasteiger partial charge in [0.2, 0.25) is 0 Å². The molecular weight excluding hydrogens is 251 g/mol. The summed E-state index contributed by atoms with van der Waals surface area (Å²) in [6.07, 6.45) is 0. The molecule has 0 heterocycles. The molecule has 0 amide bonds. The first-order valence-corrected chi connectivity index (χ1v) is 5.92. The van der Waals surface area contributed by atoms with Crippen molar-refractivity contribution in [3.63, 3.8) is 0 Å². The first-order chi connectivity index (χ1) is 8.99. The van der Waals surface area contributed by atoms with Gasteiger partial charge in [-0.25, -0.2) is 13.2 Å². The second kappa shape index (κ2) is 5.34. The fraction of sp³-hybridized carbons (Fsp3) is 0.200. The van der Waals surface area contributed by atoms with Gasteiger partial charge in [-0.1, -0.05) is 18.2 Å². The van der Waals surface area contributed by atoms with Crippen LogP contribution in [0.4, 0.5) is 18.9 Å². The SMILES string of the molecule is Cc1cccc(CNc2cc(F)c(F)cc2F)c1C. The van der Waals surface area contributed by atoms with Crippen LogP contribution in [0.25, 0.3) is 0 Å². The van der Waals surface area contributed by atoms with Crippen LogP contribution in [0, 0.1) is 31.3 Å². The number of hydrogen-bond donors (Lipinski definition) is 1. The Morgan fingerprint density at radius 3 is 2.37 bits per heavy atom. The van der Waals surface area contributed by atoms with E-state index in [1.54, 1.807) is 0 Å². The van der Waals surface area contributed by atoms with Gasteiger partial charge < -0.3 is 5.32 Å².